The molecule has 1 saturated carbocycles. The summed E-state index contributed by atoms with van der Waals surface area (Å²) in [5.41, 5.74) is 0.470. The summed E-state index contributed by atoms with van der Waals surface area (Å²) in [6.45, 7) is 1.12. The van der Waals surface area contributed by atoms with Crippen molar-refractivity contribution in [3.63, 3.8) is 0 Å². The van der Waals surface area contributed by atoms with Crippen LogP contribution in [0.2, 0.25) is 0 Å². The van der Waals surface area contributed by atoms with E-state index in [1.54, 1.807) is 0 Å². The zero-order valence-electron chi connectivity index (χ0n) is 9.49. The average molecular weight is 274 g/mol. The molecule has 0 bridgehead atoms. The normalized spacial score (nSPS) is 27.7. The maximum absolute atomic E-state index is 13.5. The van der Waals surface area contributed by atoms with Crippen LogP contribution in [-0.4, -0.2) is 30.5 Å². The van der Waals surface area contributed by atoms with Crippen molar-refractivity contribution in [2.24, 2.45) is 10.7 Å². The summed E-state index contributed by atoms with van der Waals surface area (Å²) in [5, 5.41) is 0. The molecule has 0 saturated heterocycles. The lowest BCUT2D eigenvalue weighted by molar-refractivity contribution is -0.0271. The fourth-order valence-electron chi connectivity index (χ4n) is 1.72. The largest absolute Gasteiger partial charge is 0.397 e. The molecule has 0 unspecified atom stereocenters. The van der Waals surface area contributed by atoms with Crippen LogP contribution >= 0.6 is 0 Å². The first-order chi connectivity index (χ1) is 8.13. The number of hydrogen-bond donors (Lipinski definition) is 1. The molecule has 0 amide bonds. The quantitative estimate of drug-likeness (QED) is 0.772. The molecule has 2 N–H and O–H groups in total. The highest BCUT2D eigenvalue weighted by atomic mass is 19.3. The number of alkyl halides is 6. The number of nitrogens with zero attached hydrogens (tertiary/aromatic N) is 1. The molecule has 0 heterocycles. The first-order valence-corrected chi connectivity index (χ1v) is 5.22. The van der Waals surface area contributed by atoms with Crippen molar-refractivity contribution in [1.82, 2.24) is 0 Å². The zero-order valence-corrected chi connectivity index (χ0v) is 9.49. The monoisotopic (exact) mass is 274 g/mol. The van der Waals surface area contributed by atoms with Gasteiger partial charge in [0.05, 0.1) is 11.3 Å². The molecular formula is C10H12F6N2. The summed E-state index contributed by atoms with van der Waals surface area (Å²) >= 11 is 0. The molecule has 8 heteroatoms. The molecule has 1 aliphatic rings. The van der Waals surface area contributed by atoms with Gasteiger partial charge in [-0.15, -0.1) is 0 Å². The van der Waals surface area contributed by atoms with Gasteiger partial charge >= 0.3 is 0 Å². The SMILES string of the molecule is CCN=C1/C(=C(\N)C(F)F)C(F)(F)CCC1(F)F. The van der Waals surface area contributed by atoms with E-state index in [-0.39, 0.29) is 6.54 Å². The predicted molar refractivity (Wildman–Crippen MR) is 54.3 cm³/mol. The van der Waals surface area contributed by atoms with E-state index in [9.17, 15) is 26.3 Å². The van der Waals surface area contributed by atoms with Crippen LogP contribution in [0.25, 0.3) is 0 Å². The van der Waals surface area contributed by atoms with Gasteiger partial charge in [-0.05, 0) is 6.92 Å². The predicted octanol–water partition coefficient (Wildman–Crippen LogP) is 2.99. The third-order valence-corrected chi connectivity index (χ3v) is 2.54. The Morgan fingerprint density at radius 2 is 1.72 bits per heavy atom. The van der Waals surface area contributed by atoms with Crippen molar-refractivity contribution < 1.29 is 26.3 Å². The second kappa shape index (κ2) is 4.81. The van der Waals surface area contributed by atoms with Crippen LogP contribution in [0.4, 0.5) is 26.3 Å². The molecule has 0 aromatic carbocycles. The lowest BCUT2D eigenvalue weighted by Gasteiger charge is -2.33. The Labute approximate surface area is 99.6 Å². The Morgan fingerprint density at radius 1 is 1.22 bits per heavy atom. The third kappa shape index (κ3) is 2.62. The molecule has 0 aliphatic heterocycles. The second-order valence-electron chi connectivity index (χ2n) is 3.86. The maximum Gasteiger partial charge on any atom is 0.290 e. The molecular weight excluding hydrogens is 262 g/mol. The van der Waals surface area contributed by atoms with Gasteiger partial charge in [-0.1, -0.05) is 0 Å². The Hall–Kier alpha value is -1.21. The molecule has 2 nitrogen and oxygen atoms in total. The van der Waals surface area contributed by atoms with Crippen molar-refractivity contribution in [2.75, 3.05) is 6.54 Å². The molecule has 0 spiro atoms. The van der Waals surface area contributed by atoms with Crippen molar-refractivity contribution >= 4 is 5.71 Å². The highest BCUT2D eigenvalue weighted by Gasteiger charge is 2.54. The van der Waals surface area contributed by atoms with E-state index in [0.717, 1.165) is 0 Å². The third-order valence-electron chi connectivity index (χ3n) is 2.54. The number of aliphatic imine (C=N–C) groups is 1. The van der Waals surface area contributed by atoms with Gasteiger partial charge < -0.3 is 5.73 Å². The minimum atomic E-state index is -3.81. The first kappa shape index (κ1) is 14.8. The van der Waals surface area contributed by atoms with Crippen LogP contribution in [0, 0.1) is 0 Å². The van der Waals surface area contributed by atoms with Crippen LogP contribution < -0.4 is 5.73 Å². The smallest absolute Gasteiger partial charge is 0.290 e. The zero-order chi connectivity index (χ0) is 14.1. The number of allylic oxidation sites excluding steroid dienone is 2. The summed E-state index contributed by atoms with van der Waals surface area (Å²) in [6.07, 6.45) is -5.80. The Balaban J connectivity index is 3.45. The van der Waals surface area contributed by atoms with Crippen LogP contribution in [0.15, 0.2) is 16.3 Å². The van der Waals surface area contributed by atoms with E-state index in [2.05, 4.69) is 4.99 Å². The van der Waals surface area contributed by atoms with Crippen molar-refractivity contribution in [3.8, 4) is 0 Å². The Morgan fingerprint density at radius 3 is 2.17 bits per heavy atom. The highest BCUT2D eigenvalue weighted by Crippen LogP contribution is 2.44. The number of rotatable bonds is 2. The van der Waals surface area contributed by atoms with Gasteiger partial charge in [-0.25, -0.2) is 17.6 Å². The molecule has 1 rings (SSSR count). The van der Waals surface area contributed by atoms with Gasteiger partial charge in [0.15, 0.2) is 0 Å². The summed E-state index contributed by atoms with van der Waals surface area (Å²) in [4.78, 5) is 3.23. The van der Waals surface area contributed by atoms with Crippen molar-refractivity contribution in [2.45, 2.75) is 38.0 Å². The molecule has 0 atom stereocenters. The van der Waals surface area contributed by atoms with Crippen LogP contribution in [0.5, 0.6) is 0 Å². The van der Waals surface area contributed by atoms with E-state index in [1.807, 2.05) is 0 Å². The van der Waals surface area contributed by atoms with E-state index in [4.69, 9.17) is 5.73 Å². The van der Waals surface area contributed by atoms with Crippen molar-refractivity contribution in [3.05, 3.63) is 11.3 Å². The lowest BCUT2D eigenvalue weighted by Crippen LogP contribution is -2.46. The van der Waals surface area contributed by atoms with Crippen LogP contribution in [0.1, 0.15) is 19.8 Å². The molecule has 1 fully saturated rings. The standard InChI is InChI=1S/C10H12F6N2/c1-2-18-7-5(6(17)8(11)12)9(13,14)3-4-10(7,15)16/h8H,2-4,17H2,1H3/b6-5+,18-7?. The summed E-state index contributed by atoms with van der Waals surface area (Å²) in [6, 6.07) is 0. The highest BCUT2D eigenvalue weighted by molar-refractivity contribution is 6.07. The molecule has 0 aromatic rings. The van der Waals surface area contributed by atoms with E-state index in [0.29, 0.717) is 0 Å². The molecule has 0 radical (unpaired) electrons. The van der Waals surface area contributed by atoms with Gasteiger partial charge in [0.2, 0.25) is 0 Å². The fourth-order valence-corrected chi connectivity index (χ4v) is 1.72. The molecule has 1 aliphatic carbocycles. The number of nitrogens with two attached hydrogens (primary N) is 1. The topological polar surface area (TPSA) is 38.4 Å². The maximum atomic E-state index is 13.5. The molecule has 0 aromatic heterocycles. The minimum absolute atomic E-state index is 0.221. The van der Waals surface area contributed by atoms with Crippen LogP contribution in [-0.2, 0) is 0 Å². The summed E-state index contributed by atoms with van der Waals surface area (Å²) < 4.78 is 78.8. The van der Waals surface area contributed by atoms with Crippen molar-refractivity contribution in [1.29, 1.82) is 0 Å². The van der Waals surface area contributed by atoms with Gasteiger partial charge in [0, 0.05) is 19.4 Å². The lowest BCUT2D eigenvalue weighted by atomic mass is 9.85. The van der Waals surface area contributed by atoms with Gasteiger partial charge in [0.1, 0.15) is 5.71 Å². The fraction of sp³-hybridized carbons (Fsp3) is 0.700. The number of halogens is 6. The second-order valence-corrected chi connectivity index (χ2v) is 3.86. The van der Waals surface area contributed by atoms with E-state index in [1.165, 1.54) is 6.92 Å². The first-order valence-electron chi connectivity index (χ1n) is 5.22. The van der Waals surface area contributed by atoms with Gasteiger partial charge in [-0.3, -0.25) is 4.99 Å². The molecule has 18 heavy (non-hydrogen) atoms. The Bertz CT molecular complexity index is 386. The minimum Gasteiger partial charge on any atom is -0.397 e. The van der Waals surface area contributed by atoms with E-state index >= 15 is 0 Å². The van der Waals surface area contributed by atoms with Crippen LogP contribution in [0.3, 0.4) is 0 Å². The van der Waals surface area contributed by atoms with Gasteiger partial charge in [-0.2, -0.15) is 8.78 Å². The molecule has 104 valence electrons. The summed E-state index contributed by atoms with van der Waals surface area (Å²) in [5.74, 6) is -7.47. The number of hydrogen-bond acceptors (Lipinski definition) is 2. The van der Waals surface area contributed by atoms with E-state index < -0.39 is 48.1 Å². The average Bonchev–Trinajstić information content (AvgIpc) is 2.24. The Kier molecular flexibility index (Phi) is 3.97. The summed E-state index contributed by atoms with van der Waals surface area (Å²) in [7, 11) is 0. The van der Waals surface area contributed by atoms with Gasteiger partial charge in [0.25, 0.3) is 18.3 Å².